The number of nitrogens with zero attached hydrogens (tertiary/aromatic N) is 1. The fourth-order valence-electron chi connectivity index (χ4n) is 2.07. The summed E-state index contributed by atoms with van der Waals surface area (Å²) in [5, 5.41) is 9.30. The largest absolute Gasteiger partial charge is 0.393 e. The highest BCUT2D eigenvalue weighted by Crippen LogP contribution is 2.27. The molecule has 0 aliphatic carbocycles. The summed E-state index contributed by atoms with van der Waals surface area (Å²) < 4.78 is 0. The second-order valence-corrected chi connectivity index (χ2v) is 3.46. The maximum absolute atomic E-state index is 11.2. The molecule has 1 N–H and O–H groups in total. The van der Waals surface area contributed by atoms with Crippen LogP contribution in [-0.2, 0) is 4.79 Å². The van der Waals surface area contributed by atoms with Gasteiger partial charge in [0.2, 0.25) is 5.91 Å². The first-order valence-corrected chi connectivity index (χ1v) is 4.25. The quantitative estimate of drug-likeness (QED) is 0.540. The Morgan fingerprint density at radius 2 is 2.27 bits per heavy atom. The number of carbonyl (C=O) groups is 1. The van der Waals surface area contributed by atoms with Crippen molar-refractivity contribution < 1.29 is 9.90 Å². The molecular weight excluding hydrogens is 142 g/mol. The van der Waals surface area contributed by atoms with E-state index in [0.717, 1.165) is 25.8 Å². The van der Waals surface area contributed by atoms with Gasteiger partial charge < -0.3 is 10.0 Å². The van der Waals surface area contributed by atoms with E-state index in [1.165, 1.54) is 0 Å². The number of aliphatic hydroxyl groups is 1. The Bertz CT molecular complexity index is 181. The molecule has 0 spiro atoms. The molecule has 2 fully saturated rings. The van der Waals surface area contributed by atoms with E-state index >= 15 is 0 Å². The maximum atomic E-state index is 11.2. The zero-order valence-electron chi connectivity index (χ0n) is 6.49. The van der Waals surface area contributed by atoms with Gasteiger partial charge in [-0.25, -0.2) is 0 Å². The topological polar surface area (TPSA) is 40.5 Å². The van der Waals surface area contributed by atoms with Crippen LogP contribution in [0.3, 0.4) is 0 Å². The van der Waals surface area contributed by atoms with Gasteiger partial charge in [0.05, 0.1) is 6.10 Å². The third-order valence-electron chi connectivity index (χ3n) is 2.70. The van der Waals surface area contributed by atoms with Crippen LogP contribution in [0.4, 0.5) is 0 Å². The summed E-state index contributed by atoms with van der Waals surface area (Å²) in [5.74, 6) is 0.280. The molecular formula is C8H13NO2. The van der Waals surface area contributed by atoms with Crippen LogP contribution in [0.25, 0.3) is 0 Å². The third-order valence-corrected chi connectivity index (χ3v) is 2.70. The van der Waals surface area contributed by atoms with Crippen LogP contribution >= 0.6 is 0 Å². The first-order valence-electron chi connectivity index (χ1n) is 4.25. The fraction of sp³-hybridized carbons (Fsp3) is 0.875. The van der Waals surface area contributed by atoms with E-state index in [-0.39, 0.29) is 12.0 Å². The Kier molecular flexibility index (Phi) is 1.60. The third kappa shape index (κ3) is 1.13. The van der Waals surface area contributed by atoms with Gasteiger partial charge in [-0.05, 0) is 19.3 Å². The molecule has 3 nitrogen and oxygen atoms in total. The van der Waals surface area contributed by atoms with E-state index in [2.05, 4.69) is 0 Å². The van der Waals surface area contributed by atoms with Crippen LogP contribution in [0.15, 0.2) is 0 Å². The standard InChI is InChI=1S/C8H13NO2/c10-7-3-4-9-6(5-7)1-2-8(9)11/h6-7,10H,1-5H2/t6-,7-/m1/s1. The Morgan fingerprint density at radius 3 is 3.09 bits per heavy atom. The SMILES string of the molecule is O=C1CC[C@@H]2C[C@H](O)CCN12. The highest BCUT2D eigenvalue weighted by atomic mass is 16.3. The minimum absolute atomic E-state index is 0.165. The number of hydrogen-bond acceptors (Lipinski definition) is 2. The van der Waals surface area contributed by atoms with Crippen molar-refractivity contribution in [3.05, 3.63) is 0 Å². The summed E-state index contributed by atoms with van der Waals surface area (Å²) >= 11 is 0. The number of carbonyl (C=O) groups excluding carboxylic acids is 1. The number of aliphatic hydroxyl groups excluding tert-OH is 1. The monoisotopic (exact) mass is 155 g/mol. The predicted molar refractivity (Wildman–Crippen MR) is 40.0 cm³/mol. The van der Waals surface area contributed by atoms with Crippen LogP contribution in [-0.4, -0.2) is 34.6 Å². The summed E-state index contributed by atoms with van der Waals surface area (Å²) in [7, 11) is 0. The summed E-state index contributed by atoms with van der Waals surface area (Å²) in [5.41, 5.74) is 0. The fourth-order valence-corrected chi connectivity index (χ4v) is 2.07. The molecule has 2 aliphatic rings. The van der Waals surface area contributed by atoms with Crippen molar-refractivity contribution in [2.45, 2.75) is 37.8 Å². The minimum Gasteiger partial charge on any atom is -0.393 e. The highest BCUT2D eigenvalue weighted by molar-refractivity contribution is 5.78. The summed E-state index contributed by atoms with van der Waals surface area (Å²) in [4.78, 5) is 13.1. The van der Waals surface area contributed by atoms with E-state index in [1.54, 1.807) is 0 Å². The summed E-state index contributed by atoms with van der Waals surface area (Å²) in [6.07, 6.45) is 3.04. The van der Waals surface area contributed by atoms with Crippen LogP contribution in [0, 0.1) is 0 Å². The van der Waals surface area contributed by atoms with Crippen LogP contribution < -0.4 is 0 Å². The van der Waals surface area contributed by atoms with Crippen molar-refractivity contribution in [3.8, 4) is 0 Å². The molecule has 62 valence electrons. The Labute approximate surface area is 66.0 Å². The lowest BCUT2D eigenvalue weighted by molar-refractivity contribution is -0.130. The van der Waals surface area contributed by atoms with Crippen LogP contribution in [0.1, 0.15) is 25.7 Å². The van der Waals surface area contributed by atoms with Gasteiger partial charge in [-0.2, -0.15) is 0 Å². The van der Waals surface area contributed by atoms with E-state index in [9.17, 15) is 9.90 Å². The Morgan fingerprint density at radius 1 is 1.45 bits per heavy atom. The summed E-state index contributed by atoms with van der Waals surface area (Å²) in [6, 6.07) is 0.353. The van der Waals surface area contributed by atoms with Gasteiger partial charge in [-0.15, -0.1) is 0 Å². The molecule has 0 aromatic rings. The van der Waals surface area contributed by atoms with E-state index in [4.69, 9.17) is 0 Å². The van der Waals surface area contributed by atoms with Crippen LogP contribution in [0.2, 0.25) is 0 Å². The Balaban J connectivity index is 2.06. The lowest BCUT2D eigenvalue weighted by Gasteiger charge is -2.32. The average Bonchev–Trinajstić information content (AvgIpc) is 2.32. The first kappa shape index (κ1) is 7.10. The van der Waals surface area contributed by atoms with Gasteiger partial charge in [-0.1, -0.05) is 0 Å². The van der Waals surface area contributed by atoms with Crippen molar-refractivity contribution in [1.29, 1.82) is 0 Å². The van der Waals surface area contributed by atoms with Crippen LogP contribution in [0.5, 0.6) is 0 Å². The van der Waals surface area contributed by atoms with Gasteiger partial charge in [0.25, 0.3) is 0 Å². The molecule has 2 saturated heterocycles. The van der Waals surface area contributed by atoms with E-state index < -0.39 is 0 Å². The molecule has 3 heteroatoms. The van der Waals surface area contributed by atoms with Crippen molar-refractivity contribution in [2.24, 2.45) is 0 Å². The molecule has 0 aromatic heterocycles. The first-order chi connectivity index (χ1) is 5.27. The maximum Gasteiger partial charge on any atom is 0.222 e. The minimum atomic E-state index is -0.165. The number of hydrogen-bond donors (Lipinski definition) is 1. The predicted octanol–water partition coefficient (Wildman–Crippen LogP) is 0.132. The molecule has 0 radical (unpaired) electrons. The zero-order chi connectivity index (χ0) is 7.84. The molecule has 2 atom stereocenters. The van der Waals surface area contributed by atoms with Crippen molar-refractivity contribution in [1.82, 2.24) is 4.90 Å². The van der Waals surface area contributed by atoms with E-state index in [1.807, 2.05) is 4.90 Å². The lowest BCUT2D eigenvalue weighted by atomic mass is 10.0. The average molecular weight is 155 g/mol. The second-order valence-electron chi connectivity index (χ2n) is 3.46. The van der Waals surface area contributed by atoms with Crippen molar-refractivity contribution in [3.63, 3.8) is 0 Å². The van der Waals surface area contributed by atoms with Gasteiger partial charge in [-0.3, -0.25) is 4.79 Å². The molecule has 2 rings (SSSR count). The number of fused-ring (bicyclic) bond motifs is 1. The van der Waals surface area contributed by atoms with Gasteiger partial charge in [0.15, 0.2) is 0 Å². The number of rotatable bonds is 0. The van der Waals surface area contributed by atoms with E-state index in [0.29, 0.717) is 12.5 Å². The normalized spacial score (nSPS) is 37.5. The molecule has 0 saturated carbocycles. The zero-order valence-corrected chi connectivity index (χ0v) is 6.49. The Hall–Kier alpha value is -0.570. The smallest absolute Gasteiger partial charge is 0.222 e. The molecule has 0 bridgehead atoms. The molecule has 1 amide bonds. The number of piperidine rings is 1. The van der Waals surface area contributed by atoms with Gasteiger partial charge in [0, 0.05) is 19.0 Å². The van der Waals surface area contributed by atoms with Gasteiger partial charge >= 0.3 is 0 Å². The number of amides is 1. The molecule has 2 aliphatic heterocycles. The molecule has 11 heavy (non-hydrogen) atoms. The molecule has 0 unspecified atom stereocenters. The lowest BCUT2D eigenvalue weighted by Crippen LogP contribution is -2.42. The van der Waals surface area contributed by atoms with Crippen molar-refractivity contribution >= 4 is 5.91 Å². The molecule has 2 heterocycles. The van der Waals surface area contributed by atoms with Gasteiger partial charge in [0.1, 0.15) is 0 Å². The van der Waals surface area contributed by atoms with Crippen molar-refractivity contribution in [2.75, 3.05) is 6.54 Å². The highest BCUT2D eigenvalue weighted by Gasteiger charge is 2.35. The summed E-state index contributed by atoms with van der Waals surface area (Å²) in [6.45, 7) is 0.769. The molecule has 0 aromatic carbocycles. The second kappa shape index (κ2) is 2.48.